The van der Waals surface area contributed by atoms with E-state index >= 15 is 0 Å². The van der Waals surface area contributed by atoms with Crippen LogP contribution in [0.2, 0.25) is 0 Å². The van der Waals surface area contributed by atoms with Crippen molar-refractivity contribution in [2.24, 2.45) is 0 Å². The standard InChI is InChI=1S/C22H29N5OS/c1-5-7-16-9-10-17(29-16)14-27-11-6-8-19(27)21-18(20-12-15(2)25-28-20)13-23-22(24-21)26(3)4/h9-10,12-13,19H,5-8,11,14H2,1-4H3/t19-/m1/s1. The van der Waals surface area contributed by atoms with E-state index in [1.54, 1.807) is 0 Å². The van der Waals surface area contributed by atoms with Crippen LogP contribution in [0.3, 0.4) is 0 Å². The number of hydrogen-bond acceptors (Lipinski definition) is 7. The molecule has 3 aromatic rings. The van der Waals surface area contributed by atoms with Crippen LogP contribution in [0.15, 0.2) is 28.9 Å². The molecule has 4 heterocycles. The maximum Gasteiger partial charge on any atom is 0.225 e. The van der Waals surface area contributed by atoms with Crippen LogP contribution in [0.4, 0.5) is 5.95 Å². The lowest BCUT2D eigenvalue weighted by molar-refractivity contribution is 0.246. The first kappa shape index (κ1) is 20.0. The lowest BCUT2D eigenvalue weighted by Crippen LogP contribution is -2.24. The lowest BCUT2D eigenvalue weighted by Gasteiger charge is -2.25. The van der Waals surface area contributed by atoms with E-state index in [0.717, 1.165) is 48.2 Å². The Hall–Kier alpha value is -2.25. The van der Waals surface area contributed by atoms with E-state index in [-0.39, 0.29) is 6.04 Å². The molecule has 154 valence electrons. The average Bonchev–Trinajstić information content (AvgIpc) is 3.44. The minimum absolute atomic E-state index is 0.258. The second-order valence-corrected chi connectivity index (χ2v) is 9.20. The number of thiophene rings is 1. The summed E-state index contributed by atoms with van der Waals surface area (Å²) in [5, 5.41) is 4.07. The predicted molar refractivity (Wildman–Crippen MR) is 117 cm³/mol. The molecule has 0 spiro atoms. The van der Waals surface area contributed by atoms with E-state index in [0.29, 0.717) is 0 Å². The lowest BCUT2D eigenvalue weighted by atomic mass is 10.0. The highest BCUT2D eigenvalue weighted by Crippen LogP contribution is 2.38. The summed E-state index contributed by atoms with van der Waals surface area (Å²) in [6.45, 7) is 6.23. The molecule has 1 saturated heterocycles. The third-order valence-corrected chi connectivity index (χ3v) is 6.48. The molecule has 0 aromatic carbocycles. The molecule has 3 aromatic heterocycles. The van der Waals surface area contributed by atoms with E-state index in [9.17, 15) is 0 Å². The van der Waals surface area contributed by atoms with Crippen molar-refractivity contribution in [3.63, 3.8) is 0 Å². The van der Waals surface area contributed by atoms with Gasteiger partial charge in [-0.1, -0.05) is 18.5 Å². The van der Waals surface area contributed by atoms with Crippen LogP contribution in [0.5, 0.6) is 0 Å². The molecule has 0 radical (unpaired) electrons. The van der Waals surface area contributed by atoms with Crippen molar-refractivity contribution < 1.29 is 4.52 Å². The SMILES string of the molecule is CCCc1ccc(CN2CCC[C@@H]2c2nc(N(C)C)ncc2-c2cc(C)no2)s1. The Morgan fingerprint density at radius 3 is 2.83 bits per heavy atom. The number of anilines is 1. The molecule has 1 fully saturated rings. The summed E-state index contributed by atoms with van der Waals surface area (Å²) in [5.41, 5.74) is 2.86. The fourth-order valence-corrected chi connectivity index (χ4v) is 5.09. The summed E-state index contributed by atoms with van der Waals surface area (Å²) in [6, 6.07) is 6.80. The molecule has 1 aliphatic heterocycles. The molecule has 6 nitrogen and oxygen atoms in total. The van der Waals surface area contributed by atoms with Crippen LogP contribution in [-0.2, 0) is 13.0 Å². The molecule has 0 unspecified atom stereocenters. The smallest absolute Gasteiger partial charge is 0.225 e. The number of hydrogen-bond donors (Lipinski definition) is 0. The third kappa shape index (κ3) is 4.36. The minimum Gasteiger partial charge on any atom is -0.356 e. The second kappa shape index (κ2) is 8.63. The maximum atomic E-state index is 5.57. The molecule has 29 heavy (non-hydrogen) atoms. The van der Waals surface area contributed by atoms with Gasteiger partial charge in [-0.3, -0.25) is 4.90 Å². The quantitative estimate of drug-likeness (QED) is 0.553. The van der Waals surface area contributed by atoms with Crippen LogP contribution in [0.1, 0.15) is 53.4 Å². The van der Waals surface area contributed by atoms with Gasteiger partial charge in [0.1, 0.15) is 0 Å². The average molecular weight is 412 g/mol. The molecule has 1 atom stereocenters. The minimum atomic E-state index is 0.258. The fraction of sp³-hybridized carbons (Fsp3) is 0.500. The molecular weight excluding hydrogens is 382 g/mol. The van der Waals surface area contributed by atoms with Gasteiger partial charge in [-0.25, -0.2) is 9.97 Å². The van der Waals surface area contributed by atoms with E-state index < -0.39 is 0 Å². The second-order valence-electron chi connectivity index (χ2n) is 7.94. The van der Waals surface area contributed by atoms with Crippen molar-refractivity contribution in [3.8, 4) is 11.3 Å². The zero-order valence-electron chi connectivity index (χ0n) is 17.7. The van der Waals surface area contributed by atoms with Gasteiger partial charge in [0.25, 0.3) is 0 Å². The first-order valence-corrected chi connectivity index (χ1v) is 11.2. The summed E-state index contributed by atoms with van der Waals surface area (Å²) in [7, 11) is 3.95. The van der Waals surface area contributed by atoms with Gasteiger partial charge in [0.2, 0.25) is 5.95 Å². The number of aryl methyl sites for hydroxylation is 2. The Labute approximate surface area is 176 Å². The number of likely N-dealkylation sites (tertiary alicyclic amines) is 1. The predicted octanol–water partition coefficient (Wildman–Crippen LogP) is 4.86. The fourth-order valence-electron chi connectivity index (χ4n) is 3.95. The van der Waals surface area contributed by atoms with Crippen molar-refractivity contribution in [1.82, 2.24) is 20.0 Å². The highest BCUT2D eigenvalue weighted by atomic mass is 32.1. The first-order valence-electron chi connectivity index (χ1n) is 10.3. The van der Waals surface area contributed by atoms with Crippen molar-refractivity contribution >= 4 is 17.3 Å². The van der Waals surface area contributed by atoms with Crippen LogP contribution in [-0.4, -0.2) is 40.7 Å². The first-order chi connectivity index (χ1) is 14.0. The third-order valence-electron chi connectivity index (χ3n) is 5.35. The number of rotatable bonds is 7. The molecule has 1 aliphatic rings. The van der Waals surface area contributed by atoms with Crippen molar-refractivity contribution in [3.05, 3.63) is 45.5 Å². The summed E-state index contributed by atoms with van der Waals surface area (Å²) in [6.07, 6.45) is 6.52. The molecule has 0 saturated carbocycles. The van der Waals surface area contributed by atoms with Gasteiger partial charge in [-0.05, 0) is 44.9 Å². The topological polar surface area (TPSA) is 58.3 Å². The normalized spacial score (nSPS) is 17.2. The van der Waals surface area contributed by atoms with Gasteiger partial charge in [-0.15, -0.1) is 11.3 Å². The Morgan fingerprint density at radius 1 is 1.28 bits per heavy atom. The van der Waals surface area contributed by atoms with E-state index in [1.165, 1.54) is 29.0 Å². The monoisotopic (exact) mass is 411 g/mol. The zero-order valence-corrected chi connectivity index (χ0v) is 18.5. The molecule has 0 aliphatic carbocycles. The van der Waals surface area contributed by atoms with Crippen LogP contribution >= 0.6 is 11.3 Å². The molecule has 0 bridgehead atoms. The van der Waals surface area contributed by atoms with E-state index in [2.05, 4.69) is 34.1 Å². The largest absolute Gasteiger partial charge is 0.356 e. The zero-order chi connectivity index (χ0) is 20.4. The van der Waals surface area contributed by atoms with Crippen LogP contribution in [0, 0.1) is 6.92 Å². The van der Waals surface area contributed by atoms with Gasteiger partial charge >= 0.3 is 0 Å². The van der Waals surface area contributed by atoms with Gasteiger partial charge in [0.05, 0.1) is 23.0 Å². The van der Waals surface area contributed by atoms with Crippen LogP contribution < -0.4 is 4.90 Å². The van der Waals surface area contributed by atoms with Gasteiger partial charge in [-0.2, -0.15) is 0 Å². The molecule has 4 rings (SSSR count). The Balaban J connectivity index is 1.66. The molecule has 7 heteroatoms. The highest BCUT2D eigenvalue weighted by Gasteiger charge is 2.31. The van der Waals surface area contributed by atoms with E-state index in [4.69, 9.17) is 9.51 Å². The van der Waals surface area contributed by atoms with Crippen molar-refractivity contribution in [1.29, 1.82) is 0 Å². The Bertz CT molecular complexity index is 964. The summed E-state index contributed by atoms with van der Waals surface area (Å²) < 4.78 is 5.57. The summed E-state index contributed by atoms with van der Waals surface area (Å²) in [5.74, 6) is 1.48. The van der Waals surface area contributed by atoms with Crippen molar-refractivity contribution in [2.45, 2.75) is 52.1 Å². The van der Waals surface area contributed by atoms with Gasteiger partial charge in [0, 0.05) is 42.7 Å². The van der Waals surface area contributed by atoms with Crippen LogP contribution in [0.25, 0.3) is 11.3 Å². The van der Waals surface area contributed by atoms with Gasteiger partial charge in [0.15, 0.2) is 5.76 Å². The molecular formula is C22H29N5OS. The summed E-state index contributed by atoms with van der Waals surface area (Å²) >= 11 is 1.94. The number of nitrogens with zero attached hydrogens (tertiary/aromatic N) is 5. The van der Waals surface area contributed by atoms with Gasteiger partial charge < -0.3 is 9.42 Å². The van der Waals surface area contributed by atoms with E-state index in [1.807, 2.05) is 49.5 Å². The number of aromatic nitrogens is 3. The maximum absolute atomic E-state index is 5.57. The highest BCUT2D eigenvalue weighted by molar-refractivity contribution is 7.11. The van der Waals surface area contributed by atoms with Crippen molar-refractivity contribution in [2.75, 3.05) is 25.5 Å². The summed E-state index contributed by atoms with van der Waals surface area (Å²) in [4.78, 5) is 16.9. The molecule has 0 N–H and O–H groups in total. The molecule has 0 amide bonds. The Kier molecular flexibility index (Phi) is 5.96. The Morgan fingerprint density at radius 2 is 2.10 bits per heavy atom.